The molecule has 0 radical (unpaired) electrons. The molecule has 2 heterocycles. The number of nitrogens with zero attached hydrogens (tertiary/aromatic N) is 2. The van der Waals surface area contributed by atoms with E-state index in [9.17, 15) is 4.79 Å². The van der Waals surface area contributed by atoms with Gasteiger partial charge in [-0.3, -0.25) is 9.78 Å². The third-order valence-corrected chi connectivity index (χ3v) is 1.67. The van der Waals surface area contributed by atoms with Crippen molar-refractivity contribution < 1.29 is 0 Å². The van der Waals surface area contributed by atoms with Gasteiger partial charge in [-0.25, -0.2) is 5.10 Å². The Morgan fingerprint density at radius 1 is 1.29 bits per heavy atom. The average molecular weight is 188 g/mol. The largest absolute Gasteiger partial charge is 0.350 e. The van der Waals surface area contributed by atoms with Crippen molar-refractivity contribution in [2.45, 2.75) is 0 Å². The molecule has 2 rings (SSSR count). The molecule has 70 valence electrons. The van der Waals surface area contributed by atoms with Crippen LogP contribution in [0.3, 0.4) is 0 Å². The molecule has 14 heavy (non-hydrogen) atoms. The summed E-state index contributed by atoms with van der Waals surface area (Å²) in [6.07, 6.45) is 4.82. The van der Waals surface area contributed by atoms with E-state index in [1.54, 1.807) is 24.5 Å². The van der Waals surface area contributed by atoms with Crippen LogP contribution >= 0.6 is 0 Å². The van der Waals surface area contributed by atoms with E-state index in [4.69, 9.17) is 0 Å². The number of rotatable bonds is 2. The summed E-state index contributed by atoms with van der Waals surface area (Å²) in [5.41, 5.74) is 0.966. The fourth-order valence-corrected chi connectivity index (χ4v) is 1.03. The lowest BCUT2D eigenvalue weighted by Crippen LogP contribution is -2.11. The second-order valence-corrected chi connectivity index (χ2v) is 2.67. The van der Waals surface area contributed by atoms with E-state index >= 15 is 0 Å². The van der Waals surface area contributed by atoms with Crippen molar-refractivity contribution in [3.8, 4) is 0 Å². The third kappa shape index (κ3) is 1.77. The van der Waals surface area contributed by atoms with Gasteiger partial charge in [0.25, 0.3) is 5.56 Å². The molecule has 0 bridgehead atoms. The molecule has 0 aliphatic carbocycles. The summed E-state index contributed by atoms with van der Waals surface area (Å²) < 4.78 is 0. The minimum absolute atomic E-state index is 0.253. The van der Waals surface area contributed by atoms with Crippen molar-refractivity contribution in [1.82, 2.24) is 15.2 Å². The van der Waals surface area contributed by atoms with Crippen molar-refractivity contribution in [2.24, 2.45) is 0 Å². The number of H-pyrrole nitrogens is 1. The Bertz CT molecular complexity index is 465. The van der Waals surface area contributed by atoms with E-state index < -0.39 is 0 Å². The zero-order valence-electron chi connectivity index (χ0n) is 7.27. The molecule has 5 nitrogen and oxygen atoms in total. The number of aromatic amines is 1. The molecule has 5 heteroatoms. The van der Waals surface area contributed by atoms with Gasteiger partial charge in [0.05, 0.1) is 11.9 Å². The molecule has 0 aromatic carbocycles. The maximum Gasteiger partial charge on any atom is 0.287 e. The summed E-state index contributed by atoms with van der Waals surface area (Å²) in [7, 11) is 0. The summed E-state index contributed by atoms with van der Waals surface area (Å²) in [6, 6.07) is 5.22. The fourth-order valence-electron chi connectivity index (χ4n) is 1.03. The average Bonchev–Trinajstić information content (AvgIpc) is 2.23. The maximum atomic E-state index is 11.2. The molecule has 2 N–H and O–H groups in total. The highest BCUT2D eigenvalue weighted by Gasteiger charge is 1.97. The van der Waals surface area contributed by atoms with Gasteiger partial charge in [0, 0.05) is 12.4 Å². The van der Waals surface area contributed by atoms with Gasteiger partial charge in [0.1, 0.15) is 5.69 Å². The van der Waals surface area contributed by atoms with Crippen LogP contribution in [0.4, 0.5) is 11.4 Å². The number of aromatic nitrogens is 3. The molecule has 2 aromatic rings. The molecule has 0 saturated carbocycles. The van der Waals surface area contributed by atoms with Gasteiger partial charge >= 0.3 is 0 Å². The Morgan fingerprint density at radius 3 is 2.93 bits per heavy atom. The number of hydrogen-bond acceptors (Lipinski definition) is 4. The van der Waals surface area contributed by atoms with Gasteiger partial charge in [0.15, 0.2) is 0 Å². The number of pyridine rings is 1. The topological polar surface area (TPSA) is 70.7 Å². The molecule has 0 spiro atoms. The monoisotopic (exact) mass is 188 g/mol. The normalized spacial score (nSPS) is 9.71. The summed E-state index contributed by atoms with van der Waals surface area (Å²) >= 11 is 0. The van der Waals surface area contributed by atoms with Crippen molar-refractivity contribution in [3.05, 3.63) is 47.1 Å². The summed E-state index contributed by atoms with van der Waals surface area (Å²) in [6.45, 7) is 0. The second-order valence-electron chi connectivity index (χ2n) is 2.67. The highest BCUT2D eigenvalue weighted by molar-refractivity contribution is 5.56. The summed E-state index contributed by atoms with van der Waals surface area (Å²) in [5.74, 6) is 0. The first kappa shape index (κ1) is 8.43. The van der Waals surface area contributed by atoms with E-state index in [0.717, 1.165) is 5.69 Å². The molecule has 0 unspecified atom stereocenters. The molecular formula is C9H8N4O. The van der Waals surface area contributed by atoms with Crippen LogP contribution in [0, 0.1) is 0 Å². The minimum Gasteiger partial charge on any atom is -0.350 e. The summed E-state index contributed by atoms with van der Waals surface area (Å²) in [4.78, 5) is 15.1. The zero-order valence-corrected chi connectivity index (χ0v) is 7.27. The lowest BCUT2D eigenvalue weighted by Gasteiger charge is -2.02. The highest BCUT2D eigenvalue weighted by atomic mass is 16.1. The zero-order chi connectivity index (χ0) is 9.80. The van der Waals surface area contributed by atoms with Crippen LogP contribution in [-0.2, 0) is 0 Å². The van der Waals surface area contributed by atoms with Gasteiger partial charge < -0.3 is 5.32 Å². The van der Waals surface area contributed by atoms with Gasteiger partial charge in [-0.1, -0.05) is 0 Å². The standard InChI is InChI=1S/C9H8N4O/c14-9-8(3-5-11-13-9)12-7-2-1-4-10-6-7/h1-6H,(H,11,12)(H,13,14). The number of anilines is 2. The van der Waals surface area contributed by atoms with Gasteiger partial charge in [-0.05, 0) is 18.2 Å². The first-order valence-corrected chi connectivity index (χ1v) is 4.07. The van der Waals surface area contributed by atoms with Crippen LogP contribution in [0.25, 0.3) is 0 Å². The van der Waals surface area contributed by atoms with E-state index in [-0.39, 0.29) is 5.56 Å². The molecule has 2 aromatic heterocycles. The minimum atomic E-state index is -0.253. The Morgan fingerprint density at radius 2 is 2.21 bits per heavy atom. The SMILES string of the molecule is O=c1[nH]nccc1Nc1cccnc1. The molecule has 0 amide bonds. The van der Waals surface area contributed by atoms with Crippen LogP contribution < -0.4 is 10.9 Å². The van der Waals surface area contributed by atoms with Gasteiger partial charge in [-0.15, -0.1) is 0 Å². The smallest absolute Gasteiger partial charge is 0.287 e. The Kier molecular flexibility index (Phi) is 2.22. The highest BCUT2D eigenvalue weighted by Crippen LogP contribution is 2.08. The Balaban J connectivity index is 2.28. The van der Waals surface area contributed by atoms with Crippen LogP contribution in [-0.4, -0.2) is 15.2 Å². The first-order valence-electron chi connectivity index (χ1n) is 4.07. The quantitative estimate of drug-likeness (QED) is 0.734. The van der Waals surface area contributed by atoms with Crippen molar-refractivity contribution in [2.75, 3.05) is 5.32 Å². The van der Waals surface area contributed by atoms with E-state index in [1.807, 2.05) is 6.07 Å². The number of hydrogen-bond donors (Lipinski definition) is 2. The van der Waals surface area contributed by atoms with Crippen molar-refractivity contribution in [1.29, 1.82) is 0 Å². The van der Waals surface area contributed by atoms with Crippen LogP contribution in [0.1, 0.15) is 0 Å². The molecule has 0 saturated heterocycles. The first-order chi connectivity index (χ1) is 6.86. The predicted octanol–water partition coefficient (Wildman–Crippen LogP) is 0.908. The summed E-state index contributed by atoms with van der Waals surface area (Å²) in [5, 5.41) is 8.85. The molecule has 0 atom stereocenters. The molecule has 0 aliphatic rings. The molecule has 0 aliphatic heterocycles. The van der Waals surface area contributed by atoms with Crippen molar-refractivity contribution in [3.63, 3.8) is 0 Å². The molecule has 0 fully saturated rings. The van der Waals surface area contributed by atoms with E-state index in [2.05, 4.69) is 20.5 Å². The Labute approximate surface area is 79.8 Å². The molecular weight excluding hydrogens is 180 g/mol. The van der Waals surface area contributed by atoms with Gasteiger partial charge in [-0.2, -0.15) is 5.10 Å². The maximum absolute atomic E-state index is 11.2. The van der Waals surface area contributed by atoms with Gasteiger partial charge in [0.2, 0.25) is 0 Å². The lowest BCUT2D eigenvalue weighted by molar-refractivity contribution is 0.991. The van der Waals surface area contributed by atoms with Crippen molar-refractivity contribution >= 4 is 11.4 Å². The third-order valence-electron chi connectivity index (χ3n) is 1.67. The van der Waals surface area contributed by atoms with Crippen LogP contribution in [0.5, 0.6) is 0 Å². The van der Waals surface area contributed by atoms with E-state index in [0.29, 0.717) is 5.69 Å². The second kappa shape index (κ2) is 3.69. The lowest BCUT2D eigenvalue weighted by atomic mass is 10.4. The van der Waals surface area contributed by atoms with E-state index in [1.165, 1.54) is 6.20 Å². The predicted molar refractivity (Wildman–Crippen MR) is 52.4 cm³/mol. The van der Waals surface area contributed by atoms with Crippen LogP contribution in [0.2, 0.25) is 0 Å². The number of nitrogens with one attached hydrogen (secondary N) is 2. The van der Waals surface area contributed by atoms with Crippen LogP contribution in [0.15, 0.2) is 41.6 Å². The fraction of sp³-hybridized carbons (Fsp3) is 0. The Hall–Kier alpha value is -2.17.